The summed E-state index contributed by atoms with van der Waals surface area (Å²) in [5, 5.41) is 17.1. The lowest BCUT2D eigenvalue weighted by Gasteiger charge is -2.39. The summed E-state index contributed by atoms with van der Waals surface area (Å²) in [6, 6.07) is 7.06. The maximum atomic E-state index is 13.3. The van der Waals surface area contributed by atoms with Crippen molar-refractivity contribution >= 4 is 11.9 Å². The molecule has 10 heteroatoms. The van der Waals surface area contributed by atoms with Gasteiger partial charge in [0, 0.05) is 24.8 Å². The molecule has 4 atom stereocenters. The topological polar surface area (TPSA) is 119 Å². The molecule has 10 nitrogen and oxygen atoms in total. The van der Waals surface area contributed by atoms with Gasteiger partial charge in [-0.25, -0.2) is 0 Å². The second kappa shape index (κ2) is 12.6. The summed E-state index contributed by atoms with van der Waals surface area (Å²) in [5.74, 6) is 0.0378. The third kappa shape index (κ3) is 5.81. The average molecular weight is 568 g/mol. The monoisotopic (exact) mass is 567 g/mol. The van der Waals surface area contributed by atoms with Crippen LogP contribution in [0.25, 0.3) is 0 Å². The first-order chi connectivity index (χ1) is 19.9. The van der Waals surface area contributed by atoms with E-state index in [9.17, 15) is 14.7 Å². The molecule has 5 rings (SSSR count). The van der Waals surface area contributed by atoms with Crippen LogP contribution in [0.1, 0.15) is 60.9 Å². The summed E-state index contributed by atoms with van der Waals surface area (Å²) in [6.07, 6.45) is 1.35. The first-order valence-corrected chi connectivity index (χ1v) is 14.6. The van der Waals surface area contributed by atoms with Crippen LogP contribution in [0, 0.1) is 18.8 Å². The number of carbonyl (C=O) groups excluding carboxylic acids is 2. The van der Waals surface area contributed by atoms with E-state index in [4.69, 9.17) is 18.9 Å². The van der Waals surface area contributed by atoms with Crippen molar-refractivity contribution in [2.75, 3.05) is 53.2 Å². The van der Waals surface area contributed by atoms with Gasteiger partial charge >= 0.3 is 5.97 Å². The molecule has 1 amide bonds. The fourth-order valence-electron chi connectivity index (χ4n) is 6.40. The number of rotatable bonds is 12. The normalized spacial score (nSPS) is 22.3. The molecular formula is C31H41N3O7. The smallest absolute Gasteiger partial charge is 0.310 e. The second-order valence-corrected chi connectivity index (χ2v) is 10.9. The van der Waals surface area contributed by atoms with Crippen molar-refractivity contribution in [3.63, 3.8) is 0 Å². The van der Waals surface area contributed by atoms with Crippen LogP contribution in [-0.4, -0.2) is 75.1 Å². The highest BCUT2D eigenvalue weighted by molar-refractivity contribution is 5.81. The van der Waals surface area contributed by atoms with Gasteiger partial charge in [-0.05, 0) is 80.0 Å². The first-order valence-electron chi connectivity index (χ1n) is 14.6. The fourth-order valence-corrected chi connectivity index (χ4v) is 6.40. The second-order valence-electron chi connectivity index (χ2n) is 10.9. The zero-order chi connectivity index (χ0) is 29.1. The molecule has 0 spiro atoms. The molecule has 2 aliphatic heterocycles. The number of fused-ring (bicyclic) bond motifs is 3. The van der Waals surface area contributed by atoms with E-state index in [1.807, 2.05) is 18.2 Å². The molecule has 0 bridgehead atoms. The Balaban J connectivity index is 1.39. The van der Waals surface area contributed by atoms with E-state index in [0.29, 0.717) is 35.8 Å². The minimum Gasteiger partial charge on any atom is -0.504 e. The zero-order valence-electron chi connectivity index (χ0n) is 24.3. The largest absolute Gasteiger partial charge is 0.504 e. The number of aromatic hydroxyl groups is 1. The van der Waals surface area contributed by atoms with Gasteiger partial charge in [0.25, 0.3) is 0 Å². The van der Waals surface area contributed by atoms with Crippen LogP contribution >= 0.6 is 0 Å². The number of phenolic OH excluding ortho intramolecular Hbond substituents is 1. The first kappa shape index (κ1) is 29.0. The van der Waals surface area contributed by atoms with Crippen molar-refractivity contribution < 1.29 is 33.6 Å². The number of methoxy groups -OCH3 is 1. The number of amides is 1. The van der Waals surface area contributed by atoms with Crippen molar-refractivity contribution in [3.8, 4) is 23.0 Å². The van der Waals surface area contributed by atoms with E-state index in [1.54, 1.807) is 13.0 Å². The van der Waals surface area contributed by atoms with Gasteiger partial charge in [-0.3, -0.25) is 9.59 Å². The van der Waals surface area contributed by atoms with E-state index in [1.165, 1.54) is 7.11 Å². The van der Waals surface area contributed by atoms with Gasteiger partial charge in [0.05, 0.1) is 25.7 Å². The SMILES string of the molecule is CCN(CC)CCCNCCC(=O)N[C@@H]1c2cc3c(cc2C(c2cc(C)c(O)c(OC)c2)[C@H]2C(=O)OC[C@H]12)OCO3. The Bertz CT molecular complexity index is 1280. The van der Waals surface area contributed by atoms with E-state index >= 15 is 0 Å². The number of hydrogen-bond donors (Lipinski definition) is 3. The number of nitrogens with zero attached hydrogens (tertiary/aromatic N) is 1. The summed E-state index contributed by atoms with van der Waals surface area (Å²) in [6.45, 7) is 11.0. The Labute approximate surface area is 241 Å². The van der Waals surface area contributed by atoms with Gasteiger partial charge in [-0.2, -0.15) is 0 Å². The Morgan fingerprint density at radius 2 is 1.80 bits per heavy atom. The number of phenols is 1. The quantitative estimate of drug-likeness (QED) is 0.262. The number of cyclic esters (lactones) is 1. The summed E-state index contributed by atoms with van der Waals surface area (Å²) < 4.78 is 22.5. The van der Waals surface area contributed by atoms with Crippen LogP contribution in [-0.2, 0) is 14.3 Å². The number of carbonyl (C=O) groups is 2. The summed E-state index contributed by atoms with van der Waals surface area (Å²) in [4.78, 5) is 28.8. The van der Waals surface area contributed by atoms with Crippen LogP contribution in [0.15, 0.2) is 24.3 Å². The number of ether oxygens (including phenoxy) is 4. The Morgan fingerprint density at radius 1 is 1.07 bits per heavy atom. The highest BCUT2D eigenvalue weighted by Gasteiger charge is 2.53. The molecule has 1 saturated heterocycles. The minimum atomic E-state index is -0.528. The lowest BCUT2D eigenvalue weighted by atomic mass is 9.65. The lowest BCUT2D eigenvalue weighted by molar-refractivity contribution is -0.141. The number of aryl methyl sites for hydroxylation is 1. The Kier molecular flexibility index (Phi) is 8.89. The molecule has 2 aromatic carbocycles. The number of esters is 1. The molecule has 0 saturated carbocycles. The van der Waals surface area contributed by atoms with Crippen LogP contribution < -0.4 is 24.8 Å². The maximum Gasteiger partial charge on any atom is 0.310 e. The predicted molar refractivity (Wildman–Crippen MR) is 153 cm³/mol. The standard InChI is InChI=1S/C31H41N3O7/c1-5-34(6-2)11-7-9-32-10-8-26(35)33-29-21-15-24-23(40-17-41-24)14-20(21)27(28-22(29)16-39-31(28)37)19-12-18(3)30(36)25(13-19)38-4/h12-15,22,27-29,32,36H,5-11,16-17H2,1-4H3,(H,33,35)/t22-,27?,28-,29+/m0/s1. The molecule has 1 unspecified atom stereocenters. The van der Waals surface area contributed by atoms with Crippen LogP contribution in [0.3, 0.4) is 0 Å². The van der Waals surface area contributed by atoms with E-state index < -0.39 is 12.0 Å². The third-order valence-corrected chi connectivity index (χ3v) is 8.62. The summed E-state index contributed by atoms with van der Waals surface area (Å²) >= 11 is 0. The van der Waals surface area contributed by atoms with Crippen molar-refractivity contribution in [3.05, 3.63) is 46.5 Å². The molecule has 1 aliphatic carbocycles. The van der Waals surface area contributed by atoms with Gasteiger partial charge in [-0.15, -0.1) is 0 Å². The van der Waals surface area contributed by atoms with Crippen molar-refractivity contribution in [1.29, 1.82) is 0 Å². The predicted octanol–water partition coefficient (Wildman–Crippen LogP) is 3.24. The van der Waals surface area contributed by atoms with Gasteiger partial charge in [-0.1, -0.05) is 19.9 Å². The van der Waals surface area contributed by atoms with Gasteiger partial charge < -0.3 is 39.6 Å². The molecule has 0 aromatic heterocycles. The fraction of sp³-hybridized carbons (Fsp3) is 0.548. The summed E-state index contributed by atoms with van der Waals surface area (Å²) in [7, 11) is 1.50. The lowest BCUT2D eigenvalue weighted by Crippen LogP contribution is -2.43. The molecule has 41 heavy (non-hydrogen) atoms. The molecular weight excluding hydrogens is 526 g/mol. The molecule has 2 heterocycles. The third-order valence-electron chi connectivity index (χ3n) is 8.62. The van der Waals surface area contributed by atoms with E-state index in [0.717, 1.165) is 49.3 Å². The van der Waals surface area contributed by atoms with Gasteiger partial charge in [0.2, 0.25) is 12.7 Å². The van der Waals surface area contributed by atoms with Crippen molar-refractivity contribution in [1.82, 2.24) is 15.5 Å². The van der Waals surface area contributed by atoms with E-state index in [-0.39, 0.29) is 42.9 Å². The van der Waals surface area contributed by atoms with Crippen LogP contribution in [0.4, 0.5) is 0 Å². The van der Waals surface area contributed by atoms with Crippen LogP contribution in [0.5, 0.6) is 23.0 Å². The Morgan fingerprint density at radius 3 is 2.51 bits per heavy atom. The minimum absolute atomic E-state index is 0.0651. The maximum absolute atomic E-state index is 13.3. The molecule has 222 valence electrons. The Hall–Kier alpha value is -3.50. The van der Waals surface area contributed by atoms with Crippen molar-refractivity contribution in [2.45, 2.75) is 45.6 Å². The highest BCUT2D eigenvalue weighted by Crippen LogP contribution is 2.55. The number of nitrogens with one attached hydrogen (secondary N) is 2. The van der Waals surface area contributed by atoms with E-state index in [2.05, 4.69) is 29.4 Å². The number of benzene rings is 2. The average Bonchev–Trinajstić information content (AvgIpc) is 3.59. The zero-order valence-corrected chi connectivity index (χ0v) is 24.3. The van der Waals surface area contributed by atoms with Gasteiger partial charge in [0.1, 0.15) is 0 Å². The molecule has 1 fully saturated rings. The number of hydrogen-bond acceptors (Lipinski definition) is 9. The molecule has 2 aromatic rings. The van der Waals surface area contributed by atoms with Gasteiger partial charge in [0.15, 0.2) is 23.0 Å². The molecule has 3 N–H and O–H groups in total. The highest BCUT2D eigenvalue weighted by atomic mass is 16.7. The van der Waals surface area contributed by atoms with Crippen LogP contribution in [0.2, 0.25) is 0 Å². The summed E-state index contributed by atoms with van der Waals surface area (Å²) in [5.41, 5.74) is 3.21. The van der Waals surface area contributed by atoms with Crippen molar-refractivity contribution in [2.24, 2.45) is 11.8 Å². The molecule has 0 radical (unpaired) electrons. The molecule has 3 aliphatic rings.